The number of fused-ring (bicyclic) bond motifs is 1. The van der Waals surface area contributed by atoms with Crippen molar-refractivity contribution >= 4 is 11.4 Å². The SMILES string of the molecule is FC(F)(F)CN1CN2C=C(c3ccc(OC(F)(F)F)cc3)C=CC2=N1. The predicted molar refractivity (Wildman–Crippen MR) is 77.1 cm³/mol. The van der Waals surface area contributed by atoms with E-state index in [9.17, 15) is 26.3 Å². The predicted octanol–water partition coefficient (Wildman–Crippen LogP) is 3.95. The van der Waals surface area contributed by atoms with Crippen molar-refractivity contribution in [3.8, 4) is 5.75 Å². The van der Waals surface area contributed by atoms with Crippen LogP contribution in [0, 0.1) is 0 Å². The van der Waals surface area contributed by atoms with Gasteiger partial charge in [-0.15, -0.1) is 13.2 Å². The normalized spacial score (nSPS) is 17.4. The Labute approximate surface area is 138 Å². The van der Waals surface area contributed by atoms with Gasteiger partial charge in [0.1, 0.15) is 19.0 Å². The first-order valence-electron chi connectivity index (χ1n) is 7.02. The summed E-state index contributed by atoms with van der Waals surface area (Å²) < 4.78 is 77.5. The third kappa shape index (κ3) is 4.46. The van der Waals surface area contributed by atoms with E-state index in [1.54, 1.807) is 18.4 Å². The van der Waals surface area contributed by atoms with Crippen molar-refractivity contribution in [1.82, 2.24) is 9.91 Å². The molecule has 0 amide bonds. The highest BCUT2D eigenvalue weighted by molar-refractivity contribution is 6.00. The van der Waals surface area contributed by atoms with Crippen LogP contribution in [0.4, 0.5) is 26.3 Å². The van der Waals surface area contributed by atoms with E-state index in [1.165, 1.54) is 29.2 Å². The van der Waals surface area contributed by atoms with E-state index in [4.69, 9.17) is 0 Å². The lowest BCUT2D eigenvalue weighted by atomic mass is 10.0. The third-order valence-corrected chi connectivity index (χ3v) is 3.34. The quantitative estimate of drug-likeness (QED) is 0.762. The van der Waals surface area contributed by atoms with Gasteiger partial charge in [0.15, 0.2) is 5.84 Å². The summed E-state index contributed by atoms with van der Waals surface area (Å²) in [5, 5.41) is 4.75. The zero-order valence-corrected chi connectivity index (χ0v) is 12.5. The molecule has 0 spiro atoms. The van der Waals surface area contributed by atoms with Crippen LogP contribution < -0.4 is 4.74 Å². The molecule has 0 saturated heterocycles. The molecule has 2 heterocycles. The Morgan fingerprint density at radius 2 is 1.68 bits per heavy atom. The molecular formula is C15H11F6N3O. The van der Waals surface area contributed by atoms with Crippen LogP contribution in [0.15, 0.2) is 47.7 Å². The molecule has 0 aliphatic carbocycles. The van der Waals surface area contributed by atoms with E-state index in [2.05, 4.69) is 9.84 Å². The standard InChI is InChI=1S/C15H11F6N3O/c16-14(17,18)8-24-9-23-7-11(3-6-13(23)22-24)10-1-4-12(5-2-10)25-15(19,20)21/h1-7H,8-9H2. The molecule has 2 aliphatic rings. The fourth-order valence-electron chi connectivity index (χ4n) is 2.41. The maximum atomic E-state index is 12.4. The van der Waals surface area contributed by atoms with Gasteiger partial charge in [0.2, 0.25) is 0 Å². The maximum absolute atomic E-state index is 12.4. The van der Waals surface area contributed by atoms with E-state index in [0.29, 0.717) is 17.0 Å². The van der Waals surface area contributed by atoms with Gasteiger partial charge in [0, 0.05) is 6.20 Å². The molecule has 3 rings (SSSR count). The summed E-state index contributed by atoms with van der Waals surface area (Å²) in [5.74, 6) is 0.0152. The number of hydrogen-bond donors (Lipinski definition) is 0. The molecule has 0 radical (unpaired) electrons. The zero-order chi connectivity index (χ0) is 18.2. The first-order chi connectivity index (χ1) is 11.6. The summed E-state index contributed by atoms with van der Waals surface area (Å²) >= 11 is 0. The van der Waals surface area contributed by atoms with Gasteiger partial charge in [-0.25, -0.2) is 0 Å². The number of alkyl halides is 6. The molecule has 0 saturated carbocycles. The Morgan fingerprint density at radius 1 is 1.00 bits per heavy atom. The van der Waals surface area contributed by atoms with E-state index < -0.39 is 19.1 Å². The van der Waals surface area contributed by atoms with Gasteiger partial charge in [0.05, 0.1) is 0 Å². The first-order valence-corrected chi connectivity index (χ1v) is 7.02. The smallest absolute Gasteiger partial charge is 0.406 e. The van der Waals surface area contributed by atoms with E-state index in [-0.39, 0.29) is 12.4 Å². The topological polar surface area (TPSA) is 28.1 Å². The van der Waals surface area contributed by atoms with Gasteiger partial charge in [-0.3, -0.25) is 5.01 Å². The highest BCUT2D eigenvalue weighted by Crippen LogP contribution is 2.28. The van der Waals surface area contributed by atoms with Crippen LogP contribution in [0.1, 0.15) is 5.56 Å². The van der Waals surface area contributed by atoms with Crippen LogP contribution in [0.3, 0.4) is 0 Å². The molecule has 4 nitrogen and oxygen atoms in total. The van der Waals surface area contributed by atoms with Crippen LogP contribution in [0.25, 0.3) is 5.57 Å². The highest BCUT2D eigenvalue weighted by atomic mass is 19.4. The molecule has 2 aliphatic heterocycles. The minimum atomic E-state index is -4.77. The van der Waals surface area contributed by atoms with Gasteiger partial charge in [-0.1, -0.05) is 12.1 Å². The van der Waals surface area contributed by atoms with Crippen molar-refractivity contribution in [3.63, 3.8) is 0 Å². The van der Waals surface area contributed by atoms with Gasteiger partial charge in [-0.2, -0.15) is 18.3 Å². The average molecular weight is 363 g/mol. The lowest BCUT2D eigenvalue weighted by molar-refractivity contribution is -0.274. The zero-order valence-electron chi connectivity index (χ0n) is 12.5. The van der Waals surface area contributed by atoms with E-state index in [0.717, 1.165) is 5.01 Å². The highest BCUT2D eigenvalue weighted by Gasteiger charge is 2.34. The van der Waals surface area contributed by atoms with Crippen LogP contribution in [0.5, 0.6) is 5.75 Å². The monoisotopic (exact) mass is 363 g/mol. The largest absolute Gasteiger partial charge is 0.573 e. The molecule has 0 fully saturated rings. The molecule has 0 N–H and O–H groups in total. The average Bonchev–Trinajstić information content (AvgIpc) is 2.85. The number of amidine groups is 1. The fourth-order valence-corrected chi connectivity index (χ4v) is 2.41. The Hall–Kier alpha value is -2.65. The Kier molecular flexibility index (Phi) is 4.13. The summed E-state index contributed by atoms with van der Waals surface area (Å²) in [7, 11) is 0. The van der Waals surface area contributed by atoms with Crippen LogP contribution in [-0.2, 0) is 0 Å². The number of rotatable bonds is 3. The van der Waals surface area contributed by atoms with Gasteiger partial charge in [0.25, 0.3) is 0 Å². The van der Waals surface area contributed by atoms with E-state index in [1.807, 2.05) is 0 Å². The van der Waals surface area contributed by atoms with Crippen molar-refractivity contribution in [2.45, 2.75) is 12.5 Å². The van der Waals surface area contributed by atoms with Crippen LogP contribution in [-0.4, -0.2) is 41.5 Å². The molecule has 25 heavy (non-hydrogen) atoms. The second kappa shape index (κ2) is 6.01. The minimum absolute atomic E-state index is 0.0576. The van der Waals surface area contributed by atoms with E-state index >= 15 is 0 Å². The van der Waals surface area contributed by atoms with Crippen molar-refractivity contribution in [2.75, 3.05) is 13.2 Å². The summed E-state index contributed by atoms with van der Waals surface area (Å²) in [6, 6.07) is 5.20. The fraction of sp³-hybridized carbons (Fsp3) is 0.267. The lowest BCUT2D eigenvalue weighted by Gasteiger charge is -2.21. The number of hydrazone groups is 1. The number of allylic oxidation sites excluding steroid dienone is 2. The number of hydrogen-bond acceptors (Lipinski definition) is 4. The first kappa shape index (κ1) is 17.2. The molecule has 134 valence electrons. The molecule has 1 aromatic carbocycles. The van der Waals surface area contributed by atoms with Crippen molar-refractivity contribution in [3.05, 3.63) is 48.2 Å². The second-order valence-electron chi connectivity index (χ2n) is 5.34. The lowest BCUT2D eigenvalue weighted by Crippen LogP contribution is -2.33. The second-order valence-corrected chi connectivity index (χ2v) is 5.34. The summed E-state index contributed by atoms with van der Waals surface area (Å²) in [5.41, 5.74) is 1.23. The summed E-state index contributed by atoms with van der Waals surface area (Å²) in [6.07, 6.45) is -4.36. The summed E-state index contributed by atoms with van der Waals surface area (Å²) in [4.78, 5) is 1.53. The molecule has 0 atom stereocenters. The summed E-state index contributed by atoms with van der Waals surface area (Å²) in [6.45, 7) is -1.22. The molecule has 1 aromatic rings. The van der Waals surface area contributed by atoms with Gasteiger partial charge >= 0.3 is 12.5 Å². The number of nitrogens with zero attached hydrogens (tertiary/aromatic N) is 3. The molecule has 0 bridgehead atoms. The molecular weight excluding hydrogens is 352 g/mol. The number of ether oxygens (including phenoxy) is 1. The van der Waals surface area contributed by atoms with Crippen molar-refractivity contribution in [2.24, 2.45) is 5.10 Å². The molecule has 0 unspecified atom stereocenters. The molecule has 0 aromatic heterocycles. The third-order valence-electron chi connectivity index (χ3n) is 3.34. The van der Waals surface area contributed by atoms with Crippen LogP contribution in [0.2, 0.25) is 0 Å². The number of benzene rings is 1. The Morgan fingerprint density at radius 3 is 2.28 bits per heavy atom. The van der Waals surface area contributed by atoms with Crippen molar-refractivity contribution in [1.29, 1.82) is 0 Å². The minimum Gasteiger partial charge on any atom is -0.406 e. The van der Waals surface area contributed by atoms with Crippen molar-refractivity contribution < 1.29 is 31.1 Å². The molecule has 10 heteroatoms. The maximum Gasteiger partial charge on any atom is 0.573 e. The Balaban J connectivity index is 1.71. The van der Waals surface area contributed by atoms with Gasteiger partial charge < -0.3 is 9.64 Å². The Bertz CT molecular complexity index is 733. The number of halogens is 6. The van der Waals surface area contributed by atoms with Crippen LogP contribution >= 0.6 is 0 Å². The van der Waals surface area contributed by atoms with Gasteiger partial charge in [-0.05, 0) is 35.4 Å².